The Kier molecular flexibility index (Phi) is 4.91. The molecule has 1 fully saturated rings. The number of nitrogens with zero attached hydrogens (tertiary/aromatic N) is 1. The second-order valence-corrected chi connectivity index (χ2v) is 8.80. The van der Waals surface area contributed by atoms with Crippen LogP contribution in [0.4, 0.5) is 0 Å². The number of hydrogen-bond acceptors (Lipinski definition) is 4. The highest BCUT2D eigenvalue weighted by molar-refractivity contribution is 7.16. The lowest BCUT2D eigenvalue weighted by atomic mass is 9.84. The molecule has 1 aromatic carbocycles. The lowest BCUT2D eigenvalue weighted by Crippen LogP contribution is -2.45. The predicted molar refractivity (Wildman–Crippen MR) is 102 cm³/mol. The average molecular weight is 378 g/mol. The van der Waals surface area contributed by atoms with Crippen molar-refractivity contribution in [3.63, 3.8) is 0 Å². The van der Waals surface area contributed by atoms with Gasteiger partial charge < -0.3 is 9.84 Å². The molecule has 1 spiro atoms. The van der Waals surface area contributed by atoms with Gasteiger partial charge in [-0.2, -0.15) is 0 Å². The third kappa shape index (κ3) is 3.26. The molecule has 5 heteroatoms. The molecule has 0 aliphatic carbocycles. The first-order valence-corrected chi connectivity index (χ1v) is 10.1. The number of hydrogen-bond donors (Lipinski definition) is 1. The fourth-order valence-corrected chi connectivity index (χ4v) is 5.76. The van der Waals surface area contributed by atoms with E-state index in [1.165, 1.54) is 21.6 Å². The average Bonchev–Trinajstić information content (AvgIpc) is 2.96. The van der Waals surface area contributed by atoms with Crippen molar-refractivity contribution < 1.29 is 9.84 Å². The first kappa shape index (κ1) is 17.5. The van der Waals surface area contributed by atoms with Crippen LogP contribution in [-0.2, 0) is 29.9 Å². The Bertz CT molecular complexity index is 748. The van der Waals surface area contributed by atoms with Gasteiger partial charge in [0.2, 0.25) is 0 Å². The molecule has 0 unspecified atom stereocenters. The molecule has 3 nitrogen and oxygen atoms in total. The molecule has 3 heterocycles. The fourth-order valence-electron chi connectivity index (χ4n) is 4.07. The highest BCUT2D eigenvalue weighted by Gasteiger charge is 2.43. The Morgan fingerprint density at radius 1 is 1.24 bits per heavy atom. The minimum Gasteiger partial charge on any atom is -0.392 e. The number of aliphatic hydroxyl groups excluding tert-OH is 1. The van der Waals surface area contributed by atoms with Crippen LogP contribution >= 0.6 is 22.9 Å². The van der Waals surface area contributed by atoms with Crippen molar-refractivity contribution >= 4 is 22.9 Å². The summed E-state index contributed by atoms with van der Waals surface area (Å²) in [7, 11) is 0. The fraction of sp³-hybridized carbons (Fsp3) is 0.500. The molecular formula is C20H24ClNO2S. The molecule has 0 saturated carbocycles. The number of aryl methyl sites for hydroxylation is 1. The zero-order valence-electron chi connectivity index (χ0n) is 14.6. The molecule has 2 aromatic rings. The van der Waals surface area contributed by atoms with E-state index in [9.17, 15) is 5.11 Å². The highest BCUT2D eigenvalue weighted by atomic mass is 35.5. The lowest BCUT2D eigenvalue weighted by molar-refractivity contribution is -0.0962. The van der Waals surface area contributed by atoms with E-state index < -0.39 is 0 Å². The summed E-state index contributed by atoms with van der Waals surface area (Å²) in [6.07, 6.45) is 2.85. The topological polar surface area (TPSA) is 32.7 Å². The van der Waals surface area contributed by atoms with E-state index in [1.54, 1.807) is 11.3 Å². The molecule has 0 amide bonds. The van der Waals surface area contributed by atoms with Crippen molar-refractivity contribution in [2.45, 2.75) is 44.9 Å². The molecule has 134 valence electrons. The molecule has 0 atom stereocenters. The zero-order valence-corrected chi connectivity index (χ0v) is 16.1. The number of thiophene rings is 1. The summed E-state index contributed by atoms with van der Waals surface area (Å²) in [5, 5.41) is 9.65. The van der Waals surface area contributed by atoms with E-state index in [-0.39, 0.29) is 12.2 Å². The molecule has 25 heavy (non-hydrogen) atoms. The molecule has 0 radical (unpaired) electrons. The van der Waals surface area contributed by atoms with Gasteiger partial charge in [0.25, 0.3) is 0 Å². The van der Waals surface area contributed by atoms with Crippen LogP contribution in [0.1, 0.15) is 40.0 Å². The third-order valence-electron chi connectivity index (χ3n) is 5.56. The number of aliphatic hydroxyl groups is 1. The minimum absolute atomic E-state index is 0.0281. The van der Waals surface area contributed by atoms with E-state index in [2.05, 4.69) is 36.1 Å². The summed E-state index contributed by atoms with van der Waals surface area (Å²) in [4.78, 5) is 3.78. The molecule has 2 aliphatic heterocycles. The van der Waals surface area contributed by atoms with Crippen LogP contribution in [0.5, 0.6) is 0 Å². The van der Waals surface area contributed by atoms with Crippen LogP contribution in [0, 0.1) is 6.92 Å². The summed E-state index contributed by atoms with van der Waals surface area (Å²) < 4.78 is 7.04. The maximum Gasteiger partial charge on any atom is 0.105 e. The maximum absolute atomic E-state index is 9.65. The summed E-state index contributed by atoms with van der Waals surface area (Å²) in [6, 6.07) is 8.81. The van der Waals surface area contributed by atoms with Crippen LogP contribution in [0.25, 0.3) is 0 Å². The van der Waals surface area contributed by atoms with Gasteiger partial charge in [-0.15, -0.1) is 11.3 Å². The van der Waals surface area contributed by atoms with Gasteiger partial charge in [-0.3, -0.25) is 4.90 Å². The Morgan fingerprint density at radius 2 is 1.96 bits per heavy atom. The number of likely N-dealkylation sites (tertiary alicyclic amines) is 1. The highest BCUT2D eigenvalue weighted by Crippen LogP contribution is 2.48. The van der Waals surface area contributed by atoms with Crippen LogP contribution < -0.4 is 0 Å². The summed E-state index contributed by atoms with van der Waals surface area (Å²) in [6.45, 7) is 5.93. The molecule has 0 bridgehead atoms. The van der Waals surface area contributed by atoms with Gasteiger partial charge in [-0.1, -0.05) is 41.4 Å². The number of halogens is 1. The molecule has 4 rings (SSSR count). The van der Waals surface area contributed by atoms with Crippen LogP contribution in [-0.4, -0.2) is 29.7 Å². The first-order valence-electron chi connectivity index (χ1n) is 8.94. The van der Waals surface area contributed by atoms with Crippen LogP contribution in [0.2, 0.25) is 4.34 Å². The van der Waals surface area contributed by atoms with Crippen molar-refractivity contribution in [3.8, 4) is 0 Å². The smallest absolute Gasteiger partial charge is 0.105 e. The van der Waals surface area contributed by atoms with Gasteiger partial charge in [-0.05, 0) is 37.3 Å². The Balaban J connectivity index is 1.49. The monoisotopic (exact) mass is 377 g/mol. The van der Waals surface area contributed by atoms with E-state index in [0.29, 0.717) is 0 Å². The maximum atomic E-state index is 9.65. The lowest BCUT2D eigenvalue weighted by Gasteiger charge is -2.44. The quantitative estimate of drug-likeness (QED) is 0.867. The molecular weight excluding hydrogens is 354 g/mol. The summed E-state index contributed by atoms with van der Waals surface area (Å²) >= 11 is 7.99. The minimum atomic E-state index is -0.195. The number of benzene rings is 1. The summed E-state index contributed by atoms with van der Waals surface area (Å²) in [5.74, 6) is 0. The van der Waals surface area contributed by atoms with Crippen molar-refractivity contribution in [3.05, 3.63) is 55.7 Å². The first-order chi connectivity index (χ1) is 12.1. The second-order valence-electron chi connectivity index (χ2n) is 7.17. The number of rotatable bonds is 3. The number of ether oxygens (including phenoxy) is 1. The Morgan fingerprint density at radius 3 is 2.64 bits per heavy atom. The largest absolute Gasteiger partial charge is 0.392 e. The Hall–Kier alpha value is -0.910. The number of fused-ring (bicyclic) bond motifs is 2. The predicted octanol–water partition coefficient (Wildman–Crippen LogP) is 4.27. The van der Waals surface area contributed by atoms with Crippen LogP contribution in [0.3, 0.4) is 0 Å². The normalized spacial score (nSPS) is 20.0. The van der Waals surface area contributed by atoms with Crippen molar-refractivity contribution in [2.75, 3.05) is 19.7 Å². The second kappa shape index (κ2) is 7.01. The molecule has 1 saturated heterocycles. The number of piperidine rings is 1. The van der Waals surface area contributed by atoms with Crippen molar-refractivity contribution in [1.29, 1.82) is 0 Å². The summed E-state index contributed by atoms with van der Waals surface area (Å²) in [5.41, 5.74) is 4.65. The zero-order chi connectivity index (χ0) is 17.4. The van der Waals surface area contributed by atoms with Gasteiger partial charge >= 0.3 is 0 Å². The van der Waals surface area contributed by atoms with Gasteiger partial charge in [0.05, 0.1) is 17.6 Å². The molecule has 2 aliphatic rings. The third-order valence-corrected chi connectivity index (χ3v) is 7.27. The molecule has 1 aromatic heterocycles. The van der Waals surface area contributed by atoms with E-state index in [1.807, 2.05) is 0 Å². The standard InChI is InChI=1S/C20H24ClNO2S/c1-14-2-4-15(5-3-14)12-22-9-7-20(8-10-22)18-16(6-11-24-20)17(13-23)19(21)25-18/h2-5,23H,6-13H2,1H3. The van der Waals surface area contributed by atoms with Gasteiger partial charge in [0, 0.05) is 30.1 Å². The Labute approximate surface area is 158 Å². The van der Waals surface area contributed by atoms with Gasteiger partial charge in [0.1, 0.15) is 5.60 Å². The SMILES string of the molecule is Cc1ccc(CN2CCC3(CC2)OCCc2c3sc(Cl)c2CO)cc1. The van der Waals surface area contributed by atoms with E-state index in [4.69, 9.17) is 16.3 Å². The van der Waals surface area contributed by atoms with Gasteiger partial charge in [-0.25, -0.2) is 0 Å². The van der Waals surface area contributed by atoms with Gasteiger partial charge in [0.15, 0.2) is 0 Å². The van der Waals surface area contributed by atoms with Crippen molar-refractivity contribution in [1.82, 2.24) is 4.90 Å². The molecule has 1 N–H and O–H groups in total. The van der Waals surface area contributed by atoms with E-state index >= 15 is 0 Å². The van der Waals surface area contributed by atoms with Crippen molar-refractivity contribution in [2.24, 2.45) is 0 Å². The van der Waals surface area contributed by atoms with Crippen LogP contribution in [0.15, 0.2) is 24.3 Å². The van der Waals surface area contributed by atoms with E-state index in [0.717, 1.165) is 55.4 Å².